The molecule has 2 aromatic rings. The van der Waals surface area contributed by atoms with Crippen LogP contribution in [0.1, 0.15) is 24.5 Å². The minimum absolute atomic E-state index is 0.222. The van der Waals surface area contributed by atoms with E-state index < -0.39 is 10.0 Å². The molecule has 0 radical (unpaired) electrons. The van der Waals surface area contributed by atoms with E-state index in [0.29, 0.717) is 11.4 Å². The molecule has 0 aliphatic heterocycles. The van der Waals surface area contributed by atoms with Crippen molar-refractivity contribution in [1.29, 1.82) is 0 Å². The summed E-state index contributed by atoms with van der Waals surface area (Å²) in [4.78, 5) is 4.37. The van der Waals surface area contributed by atoms with Gasteiger partial charge >= 0.3 is 0 Å². The Bertz CT molecular complexity index is 662. The minimum Gasteiger partial charge on any atom is -0.349 e. The molecule has 0 fully saturated rings. The maximum Gasteiger partial charge on any atom is 0.242 e. The smallest absolute Gasteiger partial charge is 0.242 e. The van der Waals surface area contributed by atoms with Crippen molar-refractivity contribution in [1.82, 2.24) is 19.6 Å². The summed E-state index contributed by atoms with van der Waals surface area (Å²) in [5, 5.41) is 5.79. The van der Waals surface area contributed by atoms with Gasteiger partial charge in [0, 0.05) is 36.6 Å². The van der Waals surface area contributed by atoms with Crippen LogP contribution >= 0.6 is 11.3 Å². The van der Waals surface area contributed by atoms with Crippen LogP contribution < -0.4 is 10.0 Å². The van der Waals surface area contributed by atoms with Crippen LogP contribution in [-0.4, -0.2) is 24.5 Å². The molecular formula is C13H20N4O2S2. The van der Waals surface area contributed by atoms with Crippen LogP contribution in [0.25, 0.3) is 0 Å². The van der Waals surface area contributed by atoms with E-state index in [1.54, 1.807) is 18.5 Å². The first kappa shape index (κ1) is 16.2. The molecule has 2 N–H and O–H groups in total. The van der Waals surface area contributed by atoms with Gasteiger partial charge in [0.15, 0.2) is 0 Å². The Morgan fingerprint density at radius 1 is 1.33 bits per heavy atom. The largest absolute Gasteiger partial charge is 0.349 e. The van der Waals surface area contributed by atoms with E-state index in [2.05, 4.69) is 15.0 Å². The highest BCUT2D eigenvalue weighted by Gasteiger charge is 2.18. The maximum absolute atomic E-state index is 12.3. The molecule has 0 atom stereocenters. The van der Waals surface area contributed by atoms with Gasteiger partial charge in [-0.3, -0.25) is 0 Å². The lowest BCUT2D eigenvalue weighted by Gasteiger charge is -2.05. The standard InChI is InChI=1S/C13H20N4O2S2/c1-3-14-8-11-7-12(10-17(11)4-2)21(18,19)16-9-13-15-5-6-20-13/h5-7,10,14,16H,3-4,8-9H2,1-2H3. The van der Waals surface area contributed by atoms with E-state index in [9.17, 15) is 8.42 Å². The van der Waals surface area contributed by atoms with Crippen molar-refractivity contribution in [3.8, 4) is 0 Å². The fourth-order valence-electron chi connectivity index (χ4n) is 1.95. The Balaban J connectivity index is 2.13. The van der Waals surface area contributed by atoms with Gasteiger partial charge in [0.1, 0.15) is 5.01 Å². The number of aromatic nitrogens is 2. The van der Waals surface area contributed by atoms with Crippen molar-refractivity contribution in [2.45, 2.75) is 38.4 Å². The Kier molecular flexibility index (Phi) is 5.51. The van der Waals surface area contributed by atoms with Crippen LogP contribution in [-0.2, 0) is 29.7 Å². The van der Waals surface area contributed by atoms with E-state index in [0.717, 1.165) is 23.8 Å². The van der Waals surface area contributed by atoms with Crippen LogP contribution in [0.4, 0.5) is 0 Å². The molecule has 0 aliphatic rings. The highest BCUT2D eigenvalue weighted by Crippen LogP contribution is 2.15. The highest BCUT2D eigenvalue weighted by molar-refractivity contribution is 7.89. The molecule has 2 aromatic heterocycles. The van der Waals surface area contributed by atoms with Gasteiger partial charge in [0.25, 0.3) is 0 Å². The lowest BCUT2D eigenvalue weighted by atomic mass is 10.4. The summed E-state index contributed by atoms with van der Waals surface area (Å²) >= 11 is 1.43. The lowest BCUT2D eigenvalue weighted by molar-refractivity contribution is 0.580. The zero-order valence-electron chi connectivity index (χ0n) is 12.2. The lowest BCUT2D eigenvalue weighted by Crippen LogP contribution is -2.22. The van der Waals surface area contributed by atoms with E-state index in [1.807, 2.05) is 23.8 Å². The van der Waals surface area contributed by atoms with Gasteiger partial charge in [0.05, 0.1) is 11.4 Å². The summed E-state index contributed by atoms with van der Waals surface area (Å²) in [6, 6.07) is 1.72. The second kappa shape index (κ2) is 7.17. The van der Waals surface area contributed by atoms with E-state index in [4.69, 9.17) is 0 Å². The predicted molar refractivity (Wildman–Crippen MR) is 83.6 cm³/mol. The maximum atomic E-state index is 12.3. The van der Waals surface area contributed by atoms with Crippen LogP contribution in [0.2, 0.25) is 0 Å². The van der Waals surface area contributed by atoms with Gasteiger partial charge in [-0.1, -0.05) is 6.92 Å². The summed E-state index contributed by atoms with van der Waals surface area (Å²) in [6.45, 7) is 6.48. The highest BCUT2D eigenvalue weighted by atomic mass is 32.2. The number of sulfonamides is 1. The second-order valence-electron chi connectivity index (χ2n) is 4.48. The molecule has 0 saturated heterocycles. The number of nitrogens with zero attached hydrogens (tertiary/aromatic N) is 2. The number of thiazole rings is 1. The Morgan fingerprint density at radius 3 is 2.76 bits per heavy atom. The Labute approximate surface area is 129 Å². The summed E-state index contributed by atoms with van der Waals surface area (Å²) in [5.41, 5.74) is 0.967. The summed E-state index contributed by atoms with van der Waals surface area (Å²) in [6.07, 6.45) is 3.34. The molecule has 2 heterocycles. The van der Waals surface area contributed by atoms with Gasteiger partial charge in [-0.25, -0.2) is 18.1 Å². The quantitative estimate of drug-likeness (QED) is 0.771. The zero-order valence-corrected chi connectivity index (χ0v) is 13.8. The van der Waals surface area contributed by atoms with Gasteiger partial charge < -0.3 is 9.88 Å². The molecule has 8 heteroatoms. The molecule has 0 spiro atoms. The van der Waals surface area contributed by atoms with Gasteiger partial charge in [-0.05, 0) is 19.5 Å². The molecule has 0 aromatic carbocycles. The minimum atomic E-state index is -3.51. The van der Waals surface area contributed by atoms with Crippen molar-refractivity contribution in [2.24, 2.45) is 0 Å². The van der Waals surface area contributed by atoms with Crippen molar-refractivity contribution in [3.63, 3.8) is 0 Å². The van der Waals surface area contributed by atoms with Gasteiger partial charge in [-0.2, -0.15) is 0 Å². The van der Waals surface area contributed by atoms with E-state index in [-0.39, 0.29) is 6.54 Å². The van der Waals surface area contributed by atoms with Crippen molar-refractivity contribution >= 4 is 21.4 Å². The Hall–Kier alpha value is -1.22. The predicted octanol–water partition coefficient (Wildman–Crippen LogP) is 1.55. The van der Waals surface area contributed by atoms with Crippen LogP contribution in [0.3, 0.4) is 0 Å². The van der Waals surface area contributed by atoms with Gasteiger partial charge in [-0.15, -0.1) is 11.3 Å². The average molecular weight is 328 g/mol. The van der Waals surface area contributed by atoms with Crippen LogP contribution in [0, 0.1) is 0 Å². The molecule has 0 amide bonds. The summed E-state index contributed by atoms with van der Waals surface area (Å²) in [7, 11) is -3.51. The number of aryl methyl sites for hydroxylation is 1. The van der Waals surface area contributed by atoms with Crippen molar-refractivity contribution < 1.29 is 8.42 Å². The first-order chi connectivity index (χ1) is 10.1. The first-order valence-corrected chi connectivity index (χ1v) is 9.21. The third kappa shape index (κ3) is 4.13. The molecule has 0 saturated carbocycles. The number of rotatable bonds is 8. The molecule has 116 valence electrons. The van der Waals surface area contributed by atoms with Crippen molar-refractivity contribution in [2.75, 3.05) is 6.54 Å². The van der Waals surface area contributed by atoms with E-state index >= 15 is 0 Å². The third-order valence-electron chi connectivity index (χ3n) is 3.06. The molecule has 6 nitrogen and oxygen atoms in total. The summed E-state index contributed by atoms with van der Waals surface area (Å²) in [5.74, 6) is 0. The molecule has 2 rings (SSSR count). The molecule has 0 aliphatic carbocycles. The number of hydrogen-bond acceptors (Lipinski definition) is 5. The number of nitrogens with one attached hydrogen (secondary N) is 2. The van der Waals surface area contributed by atoms with Crippen LogP contribution in [0.5, 0.6) is 0 Å². The average Bonchev–Trinajstić information content (AvgIpc) is 3.12. The van der Waals surface area contributed by atoms with Gasteiger partial charge in [0.2, 0.25) is 10.0 Å². The number of hydrogen-bond donors (Lipinski definition) is 2. The normalized spacial score (nSPS) is 11.9. The topological polar surface area (TPSA) is 76.0 Å². The fraction of sp³-hybridized carbons (Fsp3) is 0.462. The molecule has 0 unspecified atom stereocenters. The van der Waals surface area contributed by atoms with E-state index in [1.165, 1.54) is 11.3 Å². The fourth-order valence-corrected chi connectivity index (χ4v) is 3.65. The molecule has 0 bridgehead atoms. The summed E-state index contributed by atoms with van der Waals surface area (Å²) < 4.78 is 29.2. The third-order valence-corrected chi connectivity index (χ3v) is 5.21. The molecular weight excluding hydrogens is 308 g/mol. The zero-order chi connectivity index (χ0) is 15.3. The monoisotopic (exact) mass is 328 g/mol. The Morgan fingerprint density at radius 2 is 2.14 bits per heavy atom. The molecule has 21 heavy (non-hydrogen) atoms. The van der Waals surface area contributed by atoms with Crippen LogP contribution in [0.15, 0.2) is 28.7 Å². The first-order valence-electron chi connectivity index (χ1n) is 6.84. The second-order valence-corrected chi connectivity index (χ2v) is 7.23. The van der Waals surface area contributed by atoms with Crippen molar-refractivity contribution in [3.05, 3.63) is 34.5 Å². The SMILES string of the molecule is CCNCc1cc(S(=O)(=O)NCc2nccs2)cn1CC.